The van der Waals surface area contributed by atoms with Crippen LogP contribution in [-0.4, -0.2) is 50.5 Å². The van der Waals surface area contributed by atoms with Crippen molar-refractivity contribution in [1.29, 1.82) is 0 Å². The number of fused-ring (bicyclic) bond motifs is 1. The molecular formula is C21H20ClN7. The molecule has 5 rings (SSSR count). The minimum absolute atomic E-state index is 0.583. The number of nitrogens with zero attached hydrogens (tertiary/aromatic N) is 6. The first-order valence-electron chi connectivity index (χ1n) is 9.57. The Hall–Kier alpha value is -3.03. The Labute approximate surface area is 173 Å². The van der Waals surface area contributed by atoms with E-state index < -0.39 is 0 Å². The van der Waals surface area contributed by atoms with E-state index in [1.165, 1.54) is 0 Å². The lowest BCUT2D eigenvalue weighted by molar-refractivity contribution is 0.585. The fourth-order valence-electron chi connectivity index (χ4n) is 3.58. The van der Waals surface area contributed by atoms with Crippen LogP contribution in [0.25, 0.3) is 28.0 Å². The summed E-state index contributed by atoms with van der Waals surface area (Å²) in [6.45, 7) is 5.78. The second kappa shape index (κ2) is 7.42. The Bertz CT molecular complexity index is 1150. The molecule has 29 heavy (non-hydrogen) atoms. The standard InChI is InChI=1S/C21H20ClN7/c1-14-24-10-17(11-25-14)16-8-18(22)21-27-12-19(29(21)13-16)15-2-3-20(26-9-15)28-6-4-23-5-7-28/h2-3,8-13,23H,4-7H2,1H3. The average molecular weight is 406 g/mol. The Morgan fingerprint density at radius 2 is 1.66 bits per heavy atom. The summed E-state index contributed by atoms with van der Waals surface area (Å²) in [5.74, 6) is 1.74. The van der Waals surface area contributed by atoms with Crippen molar-refractivity contribution >= 4 is 23.1 Å². The molecule has 146 valence electrons. The Morgan fingerprint density at radius 1 is 0.897 bits per heavy atom. The molecule has 1 aliphatic rings. The highest BCUT2D eigenvalue weighted by Gasteiger charge is 2.14. The number of pyridine rings is 2. The van der Waals surface area contributed by atoms with Gasteiger partial charge < -0.3 is 10.2 Å². The van der Waals surface area contributed by atoms with Gasteiger partial charge in [-0.1, -0.05) is 11.6 Å². The van der Waals surface area contributed by atoms with Crippen LogP contribution in [-0.2, 0) is 0 Å². The number of hydrogen-bond acceptors (Lipinski definition) is 6. The van der Waals surface area contributed by atoms with Crippen LogP contribution in [0.3, 0.4) is 0 Å². The summed E-state index contributed by atoms with van der Waals surface area (Å²) in [5.41, 5.74) is 4.49. The summed E-state index contributed by atoms with van der Waals surface area (Å²) in [4.78, 5) is 20.1. The van der Waals surface area contributed by atoms with Crippen LogP contribution in [0.5, 0.6) is 0 Å². The molecule has 0 bridgehead atoms. The Balaban J connectivity index is 1.54. The van der Waals surface area contributed by atoms with Gasteiger partial charge in [0.2, 0.25) is 0 Å². The molecule has 8 heteroatoms. The first-order chi connectivity index (χ1) is 14.2. The first-order valence-corrected chi connectivity index (χ1v) is 9.94. The largest absolute Gasteiger partial charge is 0.354 e. The maximum absolute atomic E-state index is 6.52. The number of halogens is 1. The molecule has 4 aromatic heterocycles. The highest BCUT2D eigenvalue weighted by atomic mass is 35.5. The number of nitrogens with one attached hydrogen (secondary N) is 1. The van der Waals surface area contributed by atoms with E-state index in [1.807, 2.05) is 36.0 Å². The zero-order valence-corrected chi connectivity index (χ0v) is 16.8. The lowest BCUT2D eigenvalue weighted by atomic mass is 10.1. The van der Waals surface area contributed by atoms with Crippen molar-refractivity contribution in [2.75, 3.05) is 31.1 Å². The molecule has 0 spiro atoms. The minimum atomic E-state index is 0.583. The normalized spacial score (nSPS) is 14.5. The minimum Gasteiger partial charge on any atom is -0.354 e. The molecule has 0 saturated carbocycles. The molecular weight excluding hydrogens is 386 g/mol. The van der Waals surface area contributed by atoms with Crippen molar-refractivity contribution in [1.82, 2.24) is 29.7 Å². The van der Waals surface area contributed by atoms with Gasteiger partial charge in [0.25, 0.3) is 0 Å². The summed E-state index contributed by atoms with van der Waals surface area (Å²) < 4.78 is 2.00. The van der Waals surface area contributed by atoms with Gasteiger partial charge in [0.1, 0.15) is 11.6 Å². The van der Waals surface area contributed by atoms with Crippen molar-refractivity contribution in [3.63, 3.8) is 0 Å². The fourth-order valence-corrected chi connectivity index (χ4v) is 3.83. The zero-order valence-electron chi connectivity index (χ0n) is 16.0. The van der Waals surface area contributed by atoms with Crippen molar-refractivity contribution in [2.45, 2.75) is 6.92 Å². The van der Waals surface area contributed by atoms with Crippen LogP contribution >= 0.6 is 11.6 Å². The third-order valence-corrected chi connectivity index (χ3v) is 5.44. The molecule has 0 aromatic carbocycles. The van der Waals surface area contributed by atoms with Gasteiger partial charge in [0.15, 0.2) is 5.65 Å². The molecule has 4 aromatic rings. The molecule has 1 N–H and O–H groups in total. The van der Waals surface area contributed by atoms with Crippen LogP contribution in [0.15, 0.2) is 49.2 Å². The van der Waals surface area contributed by atoms with E-state index in [1.54, 1.807) is 12.4 Å². The van der Waals surface area contributed by atoms with Crippen LogP contribution < -0.4 is 10.2 Å². The number of hydrogen-bond donors (Lipinski definition) is 1. The fraction of sp³-hybridized carbons (Fsp3) is 0.238. The highest BCUT2D eigenvalue weighted by molar-refractivity contribution is 6.33. The molecule has 5 heterocycles. The van der Waals surface area contributed by atoms with Crippen molar-refractivity contribution < 1.29 is 0 Å². The van der Waals surface area contributed by atoms with E-state index in [9.17, 15) is 0 Å². The van der Waals surface area contributed by atoms with Gasteiger partial charge in [-0.25, -0.2) is 19.9 Å². The smallest absolute Gasteiger partial charge is 0.156 e. The van der Waals surface area contributed by atoms with Crippen molar-refractivity contribution in [2.24, 2.45) is 0 Å². The lowest BCUT2D eigenvalue weighted by Gasteiger charge is -2.28. The number of piperazine rings is 1. The molecule has 7 nitrogen and oxygen atoms in total. The summed E-state index contributed by atoms with van der Waals surface area (Å²) >= 11 is 6.52. The van der Waals surface area contributed by atoms with Crippen molar-refractivity contribution in [3.05, 3.63) is 60.0 Å². The van der Waals surface area contributed by atoms with E-state index in [2.05, 4.69) is 42.3 Å². The van der Waals surface area contributed by atoms with Gasteiger partial charge in [-0.3, -0.25) is 4.40 Å². The second-order valence-corrected chi connectivity index (χ2v) is 7.48. The predicted molar refractivity (Wildman–Crippen MR) is 114 cm³/mol. The number of anilines is 1. The molecule has 0 amide bonds. The topological polar surface area (TPSA) is 71.2 Å². The van der Waals surface area contributed by atoms with Gasteiger partial charge in [0.05, 0.1) is 16.9 Å². The third-order valence-electron chi connectivity index (χ3n) is 5.16. The monoisotopic (exact) mass is 405 g/mol. The van der Waals surface area contributed by atoms with E-state index >= 15 is 0 Å². The maximum Gasteiger partial charge on any atom is 0.156 e. The van der Waals surface area contributed by atoms with Gasteiger partial charge in [0, 0.05) is 67.7 Å². The summed E-state index contributed by atoms with van der Waals surface area (Å²) in [6.07, 6.45) is 9.36. The van der Waals surface area contributed by atoms with Gasteiger partial charge in [-0.15, -0.1) is 0 Å². The molecule has 0 radical (unpaired) electrons. The van der Waals surface area contributed by atoms with Crippen LogP contribution in [0.2, 0.25) is 5.02 Å². The van der Waals surface area contributed by atoms with Gasteiger partial charge >= 0.3 is 0 Å². The quantitative estimate of drug-likeness (QED) is 0.564. The number of rotatable bonds is 3. The maximum atomic E-state index is 6.52. The SMILES string of the molecule is Cc1ncc(-c2cc(Cl)c3ncc(-c4ccc(N5CCNCC5)nc4)n3c2)cn1. The molecule has 0 aliphatic carbocycles. The average Bonchev–Trinajstić information content (AvgIpc) is 3.20. The zero-order chi connectivity index (χ0) is 19.8. The predicted octanol–water partition coefficient (Wildman–Crippen LogP) is 3.22. The van der Waals surface area contributed by atoms with E-state index in [0.29, 0.717) is 10.7 Å². The third kappa shape index (κ3) is 3.43. The van der Waals surface area contributed by atoms with E-state index in [0.717, 1.165) is 60.2 Å². The van der Waals surface area contributed by atoms with Gasteiger partial charge in [-0.05, 0) is 25.1 Å². The Morgan fingerprint density at radius 3 is 2.38 bits per heavy atom. The lowest BCUT2D eigenvalue weighted by Crippen LogP contribution is -2.43. The van der Waals surface area contributed by atoms with Crippen LogP contribution in [0.1, 0.15) is 5.82 Å². The molecule has 0 atom stereocenters. The second-order valence-electron chi connectivity index (χ2n) is 7.07. The Kier molecular flexibility index (Phi) is 4.61. The molecule has 1 saturated heterocycles. The van der Waals surface area contributed by atoms with Crippen LogP contribution in [0.4, 0.5) is 5.82 Å². The summed E-state index contributed by atoms with van der Waals surface area (Å²) in [5, 5.41) is 3.95. The van der Waals surface area contributed by atoms with Crippen molar-refractivity contribution in [3.8, 4) is 22.4 Å². The number of imidazole rings is 1. The van der Waals surface area contributed by atoms with E-state index in [4.69, 9.17) is 11.6 Å². The number of aromatic nitrogens is 5. The summed E-state index contributed by atoms with van der Waals surface area (Å²) in [6, 6.07) is 6.05. The van der Waals surface area contributed by atoms with Crippen LogP contribution in [0, 0.1) is 6.92 Å². The highest BCUT2D eigenvalue weighted by Crippen LogP contribution is 2.29. The number of aryl methyl sites for hydroxylation is 1. The van der Waals surface area contributed by atoms with Gasteiger partial charge in [-0.2, -0.15) is 0 Å². The molecule has 0 unspecified atom stereocenters. The molecule has 1 fully saturated rings. The van der Waals surface area contributed by atoms with E-state index in [-0.39, 0.29) is 0 Å². The summed E-state index contributed by atoms with van der Waals surface area (Å²) in [7, 11) is 0. The first kappa shape index (κ1) is 18.0. The molecule has 1 aliphatic heterocycles.